The van der Waals surface area contributed by atoms with E-state index in [1.807, 2.05) is 43.3 Å². The van der Waals surface area contributed by atoms with Gasteiger partial charge in [-0.1, -0.05) is 42.3 Å². The maximum Gasteiger partial charge on any atom is 0.529 e. The quantitative estimate of drug-likeness (QED) is 0.207. The Morgan fingerprint density at radius 1 is 1.03 bits per heavy atom. The molecule has 2 aliphatic rings. The fourth-order valence-corrected chi connectivity index (χ4v) is 5.10. The molecule has 39 heavy (non-hydrogen) atoms. The average Bonchev–Trinajstić information content (AvgIpc) is 2.94. The van der Waals surface area contributed by atoms with Crippen molar-refractivity contribution in [1.82, 2.24) is 10.4 Å². The van der Waals surface area contributed by atoms with Crippen molar-refractivity contribution >= 4 is 46.6 Å². The summed E-state index contributed by atoms with van der Waals surface area (Å²) in [6.45, 7) is 7.63. The van der Waals surface area contributed by atoms with Crippen molar-refractivity contribution in [3.05, 3.63) is 52.0 Å². The first-order valence-corrected chi connectivity index (χ1v) is 14.3. The monoisotopic (exact) mass is 578 g/mol. The number of piperazine rings is 1. The number of nitrogens with zero attached hydrogens (tertiary/aromatic N) is 3. The van der Waals surface area contributed by atoms with E-state index in [0.29, 0.717) is 47.5 Å². The van der Waals surface area contributed by atoms with Crippen LogP contribution in [0, 0.1) is 0 Å². The molecule has 0 bridgehead atoms. The average molecular weight is 580 g/mol. The van der Waals surface area contributed by atoms with E-state index < -0.39 is 6.16 Å². The molecule has 1 amide bonds. The molecule has 9 nitrogen and oxygen atoms in total. The first-order chi connectivity index (χ1) is 19.0. The van der Waals surface area contributed by atoms with Gasteiger partial charge in [-0.3, -0.25) is 14.6 Å². The molecule has 11 heteroatoms. The number of hydrogen-bond acceptors (Lipinski definition) is 8. The second-order valence-electron chi connectivity index (χ2n) is 9.59. The summed E-state index contributed by atoms with van der Waals surface area (Å²) in [5.74, 6) is 0.583. The molecule has 1 fully saturated rings. The van der Waals surface area contributed by atoms with E-state index in [2.05, 4.69) is 15.3 Å². The van der Waals surface area contributed by atoms with Crippen molar-refractivity contribution in [2.75, 3.05) is 62.4 Å². The van der Waals surface area contributed by atoms with E-state index >= 15 is 0 Å². The molecule has 0 saturated carbocycles. The van der Waals surface area contributed by atoms with Gasteiger partial charge in [-0.25, -0.2) is 4.79 Å². The third-order valence-corrected chi connectivity index (χ3v) is 7.67. The van der Waals surface area contributed by atoms with Crippen molar-refractivity contribution in [2.24, 2.45) is 0 Å². The Morgan fingerprint density at radius 3 is 2.64 bits per heavy atom. The molecule has 0 radical (unpaired) electrons. The summed E-state index contributed by atoms with van der Waals surface area (Å²) < 4.78 is 11.1. The molecule has 2 aromatic rings. The molecule has 212 valence electrons. The molecule has 0 atom stereocenters. The second kappa shape index (κ2) is 14.6. The molecular weight excluding hydrogens is 543 g/mol. The molecule has 2 aliphatic heterocycles. The third kappa shape index (κ3) is 8.14. The van der Waals surface area contributed by atoms with Crippen LogP contribution in [-0.2, 0) is 20.8 Å². The fourth-order valence-electron chi connectivity index (χ4n) is 4.68. The molecule has 2 aromatic carbocycles. The Bertz CT molecular complexity index is 1130. The van der Waals surface area contributed by atoms with Gasteiger partial charge in [0, 0.05) is 45.2 Å². The lowest BCUT2D eigenvalue weighted by Gasteiger charge is -2.36. The number of benzene rings is 2. The van der Waals surface area contributed by atoms with Gasteiger partial charge in [-0.05, 0) is 56.0 Å². The van der Waals surface area contributed by atoms with Crippen LogP contribution >= 0.6 is 23.2 Å². The molecule has 1 saturated heterocycles. The number of ether oxygens (including phenoxy) is 2. The number of aryl methyl sites for hydroxylation is 1. The number of unbranched alkanes of at least 4 members (excludes halogenated alkanes) is 1. The highest BCUT2D eigenvalue weighted by atomic mass is 35.5. The fraction of sp³-hybridized carbons (Fsp3) is 0.500. The lowest BCUT2D eigenvalue weighted by atomic mass is 10.0. The standard InChI is InChI=1S/C28H36Cl2N4O5/c1-2-12-31-39-28(36)38-20-34-25-19-22(10-8-21(25)9-11-26(34)35)37-18-4-3-13-32-14-16-33(17-15-32)24-7-5-6-23(29)27(24)30/h5-8,10,19,31H,2-4,9,11-18,20H2,1H3. The van der Waals surface area contributed by atoms with Gasteiger partial charge >= 0.3 is 6.16 Å². The van der Waals surface area contributed by atoms with Crippen LogP contribution in [-0.4, -0.2) is 69.6 Å². The summed E-state index contributed by atoms with van der Waals surface area (Å²) in [4.78, 5) is 35.3. The zero-order chi connectivity index (χ0) is 27.6. The summed E-state index contributed by atoms with van der Waals surface area (Å²) in [6.07, 6.45) is 2.89. The largest absolute Gasteiger partial charge is 0.529 e. The van der Waals surface area contributed by atoms with Gasteiger partial charge in [0.1, 0.15) is 5.75 Å². The van der Waals surface area contributed by atoms with Gasteiger partial charge in [0.2, 0.25) is 5.91 Å². The molecule has 1 N–H and O–H groups in total. The van der Waals surface area contributed by atoms with E-state index in [0.717, 1.165) is 63.2 Å². The number of nitrogens with one attached hydrogen (secondary N) is 1. The zero-order valence-corrected chi connectivity index (χ0v) is 23.8. The van der Waals surface area contributed by atoms with Crippen LogP contribution in [0.15, 0.2) is 36.4 Å². The first kappa shape index (κ1) is 29.3. The van der Waals surface area contributed by atoms with E-state index in [1.165, 1.54) is 4.90 Å². The lowest BCUT2D eigenvalue weighted by molar-refractivity contribution is -0.119. The van der Waals surface area contributed by atoms with Crippen molar-refractivity contribution in [3.63, 3.8) is 0 Å². The van der Waals surface area contributed by atoms with Crippen LogP contribution < -0.4 is 20.0 Å². The van der Waals surface area contributed by atoms with Crippen molar-refractivity contribution in [1.29, 1.82) is 0 Å². The van der Waals surface area contributed by atoms with Crippen LogP contribution in [0.4, 0.5) is 16.2 Å². The maximum absolute atomic E-state index is 12.5. The minimum Gasteiger partial charge on any atom is -0.494 e. The van der Waals surface area contributed by atoms with Crippen LogP contribution in [0.5, 0.6) is 5.75 Å². The van der Waals surface area contributed by atoms with Gasteiger partial charge in [-0.2, -0.15) is 5.48 Å². The van der Waals surface area contributed by atoms with Gasteiger partial charge in [-0.15, -0.1) is 0 Å². The Labute approximate surface area is 239 Å². The van der Waals surface area contributed by atoms with Crippen LogP contribution in [0.25, 0.3) is 0 Å². The van der Waals surface area contributed by atoms with Crippen LogP contribution in [0.1, 0.15) is 38.2 Å². The van der Waals surface area contributed by atoms with Crippen molar-refractivity contribution in [2.45, 2.75) is 39.0 Å². The number of hydrogen-bond donors (Lipinski definition) is 1. The van der Waals surface area contributed by atoms with Crippen molar-refractivity contribution in [3.8, 4) is 5.75 Å². The van der Waals surface area contributed by atoms with Gasteiger partial charge < -0.3 is 19.2 Å². The number of halogens is 2. The minimum absolute atomic E-state index is 0.105. The Hall–Kier alpha value is -2.72. The highest BCUT2D eigenvalue weighted by molar-refractivity contribution is 6.43. The predicted molar refractivity (Wildman–Crippen MR) is 153 cm³/mol. The minimum atomic E-state index is -0.870. The smallest absolute Gasteiger partial charge is 0.494 e. The summed E-state index contributed by atoms with van der Waals surface area (Å²) in [7, 11) is 0. The van der Waals surface area contributed by atoms with Crippen LogP contribution in [0.2, 0.25) is 10.0 Å². The molecular formula is C28H36Cl2N4O5. The summed E-state index contributed by atoms with van der Waals surface area (Å²) in [5.41, 5.74) is 5.23. The molecule has 2 heterocycles. The number of hydroxylamine groups is 1. The molecule has 0 aliphatic carbocycles. The lowest BCUT2D eigenvalue weighted by Crippen LogP contribution is -2.46. The zero-order valence-electron chi connectivity index (χ0n) is 22.3. The summed E-state index contributed by atoms with van der Waals surface area (Å²) in [5, 5.41) is 1.21. The summed E-state index contributed by atoms with van der Waals surface area (Å²) in [6, 6.07) is 11.5. The SMILES string of the molecule is CCCNOC(=O)OCN1C(=O)CCc2ccc(OCCCCN3CCN(c4cccc(Cl)c4Cl)CC3)cc21. The Morgan fingerprint density at radius 2 is 1.85 bits per heavy atom. The maximum atomic E-state index is 12.5. The van der Waals surface area contributed by atoms with Crippen molar-refractivity contribution < 1.29 is 23.9 Å². The van der Waals surface area contributed by atoms with Gasteiger partial charge in [0.25, 0.3) is 0 Å². The second-order valence-corrected chi connectivity index (χ2v) is 10.4. The molecule has 0 aromatic heterocycles. The molecule has 0 unspecified atom stereocenters. The van der Waals surface area contributed by atoms with E-state index in [-0.39, 0.29) is 12.6 Å². The van der Waals surface area contributed by atoms with E-state index in [9.17, 15) is 9.59 Å². The van der Waals surface area contributed by atoms with E-state index in [1.54, 1.807) is 0 Å². The number of fused-ring (bicyclic) bond motifs is 1. The topological polar surface area (TPSA) is 83.6 Å². The number of carbonyl (C=O) groups is 2. The first-order valence-electron chi connectivity index (χ1n) is 13.5. The third-order valence-electron chi connectivity index (χ3n) is 6.86. The van der Waals surface area contributed by atoms with Crippen LogP contribution in [0.3, 0.4) is 0 Å². The number of rotatable bonds is 12. The Kier molecular flexibility index (Phi) is 11.0. The highest BCUT2D eigenvalue weighted by Crippen LogP contribution is 2.33. The normalized spacial score (nSPS) is 15.7. The Balaban J connectivity index is 1.19. The highest BCUT2D eigenvalue weighted by Gasteiger charge is 2.26. The number of anilines is 2. The number of carbonyl (C=O) groups excluding carboxylic acids is 2. The number of amides is 1. The van der Waals surface area contributed by atoms with Gasteiger partial charge in [0.15, 0.2) is 6.73 Å². The molecule has 4 rings (SSSR count). The summed E-state index contributed by atoms with van der Waals surface area (Å²) >= 11 is 12.6. The predicted octanol–water partition coefficient (Wildman–Crippen LogP) is 5.28. The van der Waals surface area contributed by atoms with E-state index in [4.69, 9.17) is 37.5 Å². The van der Waals surface area contributed by atoms with Gasteiger partial charge in [0.05, 0.1) is 28.0 Å². The molecule has 0 spiro atoms.